The van der Waals surface area contributed by atoms with Crippen molar-refractivity contribution in [2.24, 2.45) is 5.73 Å². The molecule has 1 atom stereocenters. The second kappa shape index (κ2) is 3.61. The number of carbonyl (C=O) groups is 1. The van der Waals surface area contributed by atoms with Gasteiger partial charge in [-0.1, -0.05) is 0 Å². The zero-order chi connectivity index (χ0) is 8.36. The van der Waals surface area contributed by atoms with Crippen molar-refractivity contribution < 1.29 is 14.0 Å². The van der Waals surface area contributed by atoms with Gasteiger partial charge in [-0.25, -0.2) is 0 Å². The molecule has 3 heteroatoms. The minimum atomic E-state index is -2.53. The summed E-state index contributed by atoms with van der Waals surface area (Å²) < 4.78 is 20.4. The van der Waals surface area contributed by atoms with Crippen molar-refractivity contribution in [3.63, 3.8) is 0 Å². The summed E-state index contributed by atoms with van der Waals surface area (Å²) in [5.41, 5.74) is 4.91. The molecule has 3 nitrogen and oxygen atoms in total. The lowest BCUT2D eigenvalue weighted by atomic mass is 10.3. The van der Waals surface area contributed by atoms with E-state index >= 15 is 0 Å². The molecule has 0 aliphatic rings. The molecule has 0 heterocycles. The molecule has 3 N–H and O–H groups in total. The van der Waals surface area contributed by atoms with Crippen molar-refractivity contribution in [1.82, 2.24) is 0 Å². The Kier molecular flexibility index (Phi) is 1.38. The van der Waals surface area contributed by atoms with Crippen LogP contribution in [0.3, 0.4) is 0 Å². The maximum Gasteiger partial charge on any atom is 0.303 e. The summed E-state index contributed by atoms with van der Waals surface area (Å²) >= 11 is 0. The highest BCUT2D eigenvalue weighted by Gasteiger charge is 1.91. The average Bonchev–Trinajstić information content (AvgIpc) is 1.86. The summed E-state index contributed by atoms with van der Waals surface area (Å²) in [4.78, 5) is 10.1. The third-order valence-corrected chi connectivity index (χ3v) is 0.343. The molecule has 0 bridgehead atoms. The fourth-order valence-electron chi connectivity index (χ4n) is 0.146. The van der Waals surface area contributed by atoms with Crippen molar-refractivity contribution in [2.45, 2.75) is 12.8 Å². The van der Waals surface area contributed by atoms with Crippen LogP contribution in [-0.4, -0.2) is 17.6 Å². The van der Waals surface area contributed by atoms with Gasteiger partial charge in [0.25, 0.3) is 0 Å². The van der Waals surface area contributed by atoms with Crippen molar-refractivity contribution >= 4 is 5.97 Å². The molecule has 0 aliphatic carbocycles. The maximum atomic E-state index is 10.1. The Hall–Kier alpha value is -0.570. The summed E-state index contributed by atoms with van der Waals surface area (Å²) in [5.74, 6) is -1.64. The Bertz CT molecular complexity index is 138. The summed E-state index contributed by atoms with van der Waals surface area (Å²) in [6, 6.07) is 0. The number of carboxylic acids is 1. The van der Waals surface area contributed by atoms with E-state index < -0.39 is 18.7 Å². The molecule has 0 aromatic rings. The highest BCUT2D eigenvalue weighted by molar-refractivity contribution is 5.66. The monoisotopic (exact) mass is 106 g/mol. The van der Waals surface area contributed by atoms with Gasteiger partial charge in [0.15, 0.2) is 0 Å². The van der Waals surface area contributed by atoms with Crippen molar-refractivity contribution in [3.8, 4) is 0 Å². The summed E-state index contributed by atoms with van der Waals surface area (Å²) in [6.45, 7) is -0.292. The molecule has 0 radical (unpaired) electrons. The first kappa shape index (κ1) is 2.67. The second-order valence-corrected chi connectivity index (χ2v) is 0.889. The Morgan fingerprint density at radius 3 is 2.71 bits per heavy atom. The molecule has 42 valence electrons. The van der Waals surface area contributed by atoms with E-state index in [0.717, 1.165) is 0 Å². The maximum absolute atomic E-state index is 10.1. The summed E-state index contributed by atoms with van der Waals surface area (Å²) in [7, 11) is 0. The average molecular weight is 106 g/mol. The van der Waals surface area contributed by atoms with Crippen LogP contribution in [0.5, 0.6) is 0 Å². The Labute approximate surface area is 46.3 Å². The number of hydrogen-bond acceptors (Lipinski definition) is 2. The van der Waals surface area contributed by atoms with Crippen LogP contribution in [0.25, 0.3) is 0 Å². The third-order valence-electron chi connectivity index (χ3n) is 0.343. The quantitative estimate of drug-likeness (QED) is 0.524. The lowest BCUT2D eigenvalue weighted by Crippen LogP contribution is -2.02. The van der Waals surface area contributed by atoms with E-state index in [1.165, 1.54) is 0 Å². The number of aliphatic carboxylic acids is 1. The number of carboxylic acid groups (broad SMARTS) is 1. The number of rotatable bonds is 3. The molecule has 7 heavy (non-hydrogen) atoms. The van der Waals surface area contributed by atoms with Crippen molar-refractivity contribution in [1.29, 1.82) is 0 Å². The first-order chi connectivity index (χ1) is 4.42. The van der Waals surface area contributed by atoms with E-state index in [1.807, 2.05) is 0 Å². The highest BCUT2D eigenvalue weighted by Crippen LogP contribution is 1.82. The van der Waals surface area contributed by atoms with Crippen LogP contribution < -0.4 is 5.73 Å². The van der Waals surface area contributed by atoms with Crippen LogP contribution in [0.15, 0.2) is 0 Å². The van der Waals surface area contributed by atoms with Gasteiger partial charge in [0.1, 0.15) is 0 Å². The largest absolute Gasteiger partial charge is 0.481 e. The van der Waals surface area contributed by atoms with Crippen LogP contribution in [0.4, 0.5) is 0 Å². The lowest BCUT2D eigenvalue weighted by molar-refractivity contribution is -0.137. The first-order valence-corrected chi connectivity index (χ1v) is 1.78. The fourth-order valence-corrected chi connectivity index (χ4v) is 0.146. The van der Waals surface area contributed by atoms with Gasteiger partial charge in [-0.2, -0.15) is 0 Å². The van der Waals surface area contributed by atoms with Crippen LogP contribution >= 0.6 is 0 Å². The molecular weight excluding hydrogens is 94.0 g/mol. The second-order valence-electron chi connectivity index (χ2n) is 0.889. The first-order valence-electron chi connectivity index (χ1n) is 3.36. The van der Waals surface area contributed by atoms with Crippen LogP contribution in [-0.2, 0) is 4.79 Å². The third kappa shape index (κ3) is 5.43. The number of nitrogens with two attached hydrogens (primary N) is 1. The van der Waals surface area contributed by atoms with E-state index in [0.29, 0.717) is 0 Å². The van der Waals surface area contributed by atoms with Crippen molar-refractivity contribution in [2.75, 3.05) is 6.54 Å². The van der Waals surface area contributed by atoms with Gasteiger partial charge in [0.05, 0.1) is 0 Å². The Balaban J connectivity index is 4.23. The smallest absolute Gasteiger partial charge is 0.303 e. The van der Waals surface area contributed by atoms with E-state index in [4.69, 9.17) is 15.0 Å². The molecule has 0 aromatic carbocycles. The van der Waals surface area contributed by atoms with Gasteiger partial charge in [0, 0.05) is 10.5 Å². The van der Waals surface area contributed by atoms with Gasteiger partial charge in [0.2, 0.25) is 0 Å². The van der Waals surface area contributed by atoms with Crippen molar-refractivity contribution in [3.05, 3.63) is 0 Å². The molecule has 1 unspecified atom stereocenters. The molecule has 0 spiro atoms. The van der Waals surface area contributed by atoms with Gasteiger partial charge >= 0.3 is 5.97 Å². The number of hydrogen-bond donors (Lipinski definition) is 2. The normalized spacial score (nSPS) is 21.6. The predicted molar refractivity (Wildman–Crippen MR) is 25.9 cm³/mol. The van der Waals surface area contributed by atoms with Gasteiger partial charge in [-0.3, -0.25) is 4.79 Å². The molecule has 0 aliphatic heterocycles. The fraction of sp³-hybridized carbons (Fsp3) is 0.750. The Morgan fingerprint density at radius 2 is 2.57 bits per heavy atom. The highest BCUT2D eigenvalue weighted by atomic mass is 16.4. The van der Waals surface area contributed by atoms with E-state index in [2.05, 4.69) is 0 Å². The molecule has 0 amide bonds. The molecule has 0 saturated carbocycles. The lowest BCUT2D eigenvalue weighted by Gasteiger charge is -1.86. The summed E-state index contributed by atoms with van der Waals surface area (Å²) in [5, 5.41) is 8.19. The van der Waals surface area contributed by atoms with Crippen LogP contribution in [0.2, 0.25) is 0 Å². The SMILES string of the molecule is [2H]C(CN)C([2H])([2H])C(=O)O. The zero-order valence-electron chi connectivity index (χ0n) is 6.72. The zero-order valence-corrected chi connectivity index (χ0v) is 3.72. The molecule has 0 rings (SSSR count). The van der Waals surface area contributed by atoms with Gasteiger partial charge in [-0.15, -0.1) is 0 Å². The molecule has 0 saturated heterocycles. The van der Waals surface area contributed by atoms with E-state index in [1.54, 1.807) is 0 Å². The van der Waals surface area contributed by atoms with Gasteiger partial charge < -0.3 is 10.8 Å². The Morgan fingerprint density at radius 1 is 2.00 bits per heavy atom. The minimum absolute atomic E-state index is 0.292. The predicted octanol–water partition coefficient (Wildman–Crippen LogP) is -0.190. The summed E-state index contributed by atoms with van der Waals surface area (Å²) in [6.07, 6.45) is -3.93. The molecule has 0 aromatic heterocycles. The minimum Gasteiger partial charge on any atom is -0.481 e. The van der Waals surface area contributed by atoms with Crippen LogP contribution in [0, 0.1) is 0 Å². The topological polar surface area (TPSA) is 63.3 Å². The molecular formula is C4H9NO2. The van der Waals surface area contributed by atoms with E-state index in [-0.39, 0.29) is 6.54 Å². The van der Waals surface area contributed by atoms with E-state index in [9.17, 15) is 4.79 Å². The van der Waals surface area contributed by atoms with Gasteiger partial charge in [-0.05, 0) is 12.9 Å². The molecule has 0 fully saturated rings. The van der Waals surface area contributed by atoms with Crippen LogP contribution in [0.1, 0.15) is 16.9 Å². The standard InChI is InChI=1S/C4H9NO2/c5-3-1-2-4(6)7/h1-3,5H2,(H,6,7)/i1D,2D2.